The van der Waals surface area contributed by atoms with Crippen molar-refractivity contribution in [2.24, 2.45) is 5.41 Å². The quantitative estimate of drug-likeness (QED) is 0.647. The highest BCUT2D eigenvalue weighted by Crippen LogP contribution is 2.24. The molecule has 24 heavy (non-hydrogen) atoms. The molecule has 1 aromatic carbocycles. The standard InChI is InChI=1S/C20H32N2O2/c1-6-14-22(15-7-2)19(24)20(4,5)18(23)21(8-3)16-17-12-10-9-11-13-17/h9-13H,6-8,14-16H2,1-5H3. The first-order valence-corrected chi connectivity index (χ1v) is 9.01. The van der Waals surface area contributed by atoms with Crippen molar-refractivity contribution in [2.45, 2.75) is 54.0 Å². The van der Waals surface area contributed by atoms with Crippen molar-refractivity contribution < 1.29 is 9.59 Å². The molecule has 0 radical (unpaired) electrons. The van der Waals surface area contributed by atoms with Crippen LogP contribution in [0.2, 0.25) is 0 Å². The van der Waals surface area contributed by atoms with E-state index in [1.54, 1.807) is 18.7 Å². The SMILES string of the molecule is CCCN(CCC)C(=O)C(C)(C)C(=O)N(CC)Cc1ccccc1. The Morgan fingerprint density at radius 2 is 1.38 bits per heavy atom. The summed E-state index contributed by atoms with van der Waals surface area (Å²) in [4.78, 5) is 29.6. The molecule has 1 rings (SSSR count). The fourth-order valence-corrected chi connectivity index (χ4v) is 2.87. The van der Waals surface area contributed by atoms with Gasteiger partial charge in [0.05, 0.1) is 0 Å². The van der Waals surface area contributed by atoms with Crippen molar-refractivity contribution >= 4 is 11.8 Å². The maximum Gasteiger partial charge on any atom is 0.237 e. The van der Waals surface area contributed by atoms with Crippen LogP contribution in [0.15, 0.2) is 30.3 Å². The summed E-state index contributed by atoms with van der Waals surface area (Å²) < 4.78 is 0. The number of hydrogen-bond acceptors (Lipinski definition) is 2. The van der Waals surface area contributed by atoms with E-state index in [1.807, 2.05) is 42.2 Å². The van der Waals surface area contributed by atoms with E-state index in [-0.39, 0.29) is 11.8 Å². The third-order valence-corrected chi connectivity index (χ3v) is 4.23. The van der Waals surface area contributed by atoms with Gasteiger partial charge in [0.1, 0.15) is 5.41 Å². The van der Waals surface area contributed by atoms with Gasteiger partial charge in [-0.1, -0.05) is 44.2 Å². The first kappa shape index (κ1) is 20.2. The van der Waals surface area contributed by atoms with Gasteiger partial charge in [0, 0.05) is 26.2 Å². The molecule has 0 atom stereocenters. The predicted molar refractivity (Wildman–Crippen MR) is 98.5 cm³/mol. The molecule has 0 N–H and O–H groups in total. The molecule has 0 fully saturated rings. The fourth-order valence-electron chi connectivity index (χ4n) is 2.87. The van der Waals surface area contributed by atoms with Crippen molar-refractivity contribution in [3.8, 4) is 0 Å². The third-order valence-electron chi connectivity index (χ3n) is 4.23. The summed E-state index contributed by atoms with van der Waals surface area (Å²) in [6, 6.07) is 9.90. The van der Waals surface area contributed by atoms with Crippen LogP contribution in [-0.4, -0.2) is 41.2 Å². The van der Waals surface area contributed by atoms with E-state index >= 15 is 0 Å². The average Bonchev–Trinajstić information content (AvgIpc) is 2.59. The minimum atomic E-state index is -1.03. The molecule has 0 aliphatic rings. The van der Waals surface area contributed by atoms with Gasteiger partial charge in [0.25, 0.3) is 0 Å². The maximum atomic E-state index is 13.0. The summed E-state index contributed by atoms with van der Waals surface area (Å²) >= 11 is 0. The third kappa shape index (κ3) is 5.08. The molecular weight excluding hydrogens is 300 g/mol. The van der Waals surface area contributed by atoms with E-state index in [1.165, 1.54) is 0 Å². The van der Waals surface area contributed by atoms with Gasteiger partial charge < -0.3 is 9.80 Å². The van der Waals surface area contributed by atoms with Crippen LogP contribution < -0.4 is 0 Å². The summed E-state index contributed by atoms with van der Waals surface area (Å²) in [5.74, 6) is -0.168. The van der Waals surface area contributed by atoms with Gasteiger partial charge in [-0.15, -0.1) is 0 Å². The Kier molecular flexibility index (Phi) is 7.96. The molecule has 0 saturated carbocycles. The first-order chi connectivity index (χ1) is 11.4. The number of rotatable bonds is 9. The lowest BCUT2D eigenvalue weighted by atomic mass is 9.89. The smallest absolute Gasteiger partial charge is 0.237 e. The van der Waals surface area contributed by atoms with E-state index in [0.717, 1.165) is 18.4 Å². The minimum Gasteiger partial charge on any atom is -0.342 e. The van der Waals surface area contributed by atoms with Gasteiger partial charge in [0.2, 0.25) is 11.8 Å². The Labute approximate surface area is 146 Å². The zero-order valence-corrected chi connectivity index (χ0v) is 15.8. The number of benzene rings is 1. The van der Waals surface area contributed by atoms with Gasteiger partial charge in [-0.2, -0.15) is 0 Å². The van der Waals surface area contributed by atoms with E-state index in [2.05, 4.69) is 13.8 Å². The highest BCUT2D eigenvalue weighted by Gasteiger charge is 2.41. The van der Waals surface area contributed by atoms with E-state index in [0.29, 0.717) is 26.2 Å². The molecule has 0 saturated heterocycles. The lowest BCUT2D eigenvalue weighted by Gasteiger charge is -2.34. The van der Waals surface area contributed by atoms with Crippen molar-refractivity contribution in [2.75, 3.05) is 19.6 Å². The van der Waals surface area contributed by atoms with Crippen molar-refractivity contribution in [1.29, 1.82) is 0 Å². The highest BCUT2D eigenvalue weighted by molar-refractivity contribution is 6.04. The van der Waals surface area contributed by atoms with Crippen LogP contribution in [0.4, 0.5) is 0 Å². The lowest BCUT2D eigenvalue weighted by molar-refractivity contribution is -0.154. The average molecular weight is 332 g/mol. The first-order valence-electron chi connectivity index (χ1n) is 9.01. The molecule has 2 amide bonds. The molecule has 0 aromatic heterocycles. The van der Waals surface area contributed by atoms with Gasteiger partial charge in [0.15, 0.2) is 0 Å². The second-order valence-electron chi connectivity index (χ2n) is 6.72. The second kappa shape index (κ2) is 9.45. The number of carbonyl (C=O) groups is 2. The van der Waals surface area contributed by atoms with Crippen LogP contribution in [0.5, 0.6) is 0 Å². The van der Waals surface area contributed by atoms with E-state index < -0.39 is 5.41 Å². The normalized spacial score (nSPS) is 11.2. The Morgan fingerprint density at radius 1 is 0.875 bits per heavy atom. The molecule has 0 heterocycles. The van der Waals surface area contributed by atoms with Crippen LogP contribution >= 0.6 is 0 Å². The molecule has 4 heteroatoms. The Hall–Kier alpha value is -1.84. The molecule has 0 bridgehead atoms. The second-order valence-corrected chi connectivity index (χ2v) is 6.72. The van der Waals surface area contributed by atoms with Gasteiger partial charge >= 0.3 is 0 Å². The predicted octanol–water partition coefficient (Wildman–Crippen LogP) is 3.71. The maximum absolute atomic E-state index is 13.0. The molecule has 4 nitrogen and oxygen atoms in total. The van der Waals surface area contributed by atoms with Crippen LogP contribution in [0.25, 0.3) is 0 Å². The molecule has 0 aliphatic heterocycles. The lowest BCUT2D eigenvalue weighted by Crippen LogP contribution is -2.51. The van der Waals surface area contributed by atoms with E-state index in [4.69, 9.17) is 0 Å². The monoisotopic (exact) mass is 332 g/mol. The topological polar surface area (TPSA) is 40.6 Å². The Bertz CT molecular complexity index is 520. The zero-order chi connectivity index (χ0) is 18.2. The summed E-state index contributed by atoms with van der Waals surface area (Å²) in [5.41, 5.74) is 0.0460. The largest absolute Gasteiger partial charge is 0.342 e. The summed E-state index contributed by atoms with van der Waals surface area (Å²) in [5, 5.41) is 0. The molecule has 1 aromatic rings. The molecule has 0 unspecified atom stereocenters. The van der Waals surface area contributed by atoms with Gasteiger partial charge in [-0.05, 0) is 39.2 Å². The highest BCUT2D eigenvalue weighted by atomic mass is 16.2. The van der Waals surface area contributed by atoms with Crippen LogP contribution in [-0.2, 0) is 16.1 Å². The number of carbonyl (C=O) groups excluding carboxylic acids is 2. The fraction of sp³-hybridized carbons (Fsp3) is 0.600. The zero-order valence-electron chi connectivity index (χ0n) is 15.8. The van der Waals surface area contributed by atoms with Crippen LogP contribution in [0.1, 0.15) is 53.0 Å². The summed E-state index contributed by atoms with van der Waals surface area (Å²) in [7, 11) is 0. The molecule has 0 spiro atoms. The van der Waals surface area contributed by atoms with Crippen molar-refractivity contribution in [3.05, 3.63) is 35.9 Å². The van der Waals surface area contributed by atoms with Gasteiger partial charge in [-0.3, -0.25) is 9.59 Å². The number of amides is 2. The van der Waals surface area contributed by atoms with Crippen LogP contribution in [0.3, 0.4) is 0 Å². The summed E-state index contributed by atoms with van der Waals surface area (Å²) in [6.07, 6.45) is 1.80. The molecule has 0 aliphatic carbocycles. The van der Waals surface area contributed by atoms with Crippen molar-refractivity contribution in [1.82, 2.24) is 9.80 Å². The number of nitrogens with zero attached hydrogens (tertiary/aromatic N) is 2. The Balaban J connectivity index is 2.92. The van der Waals surface area contributed by atoms with Crippen LogP contribution in [0, 0.1) is 5.41 Å². The Morgan fingerprint density at radius 3 is 1.83 bits per heavy atom. The van der Waals surface area contributed by atoms with Crippen molar-refractivity contribution in [3.63, 3.8) is 0 Å². The van der Waals surface area contributed by atoms with E-state index in [9.17, 15) is 9.59 Å². The number of hydrogen-bond donors (Lipinski definition) is 0. The minimum absolute atomic E-state index is 0.0669. The molecule has 134 valence electrons. The summed E-state index contributed by atoms with van der Waals surface area (Å²) in [6.45, 7) is 12.1. The molecular formula is C20H32N2O2. The van der Waals surface area contributed by atoms with Gasteiger partial charge in [-0.25, -0.2) is 0 Å².